The standard InChI is InChI=1S/C13H20FNO/c1-9-7-10(2)12(11(14)8-9)13(3,15)5-6-16-4/h7-8H,5-6,15H2,1-4H3. The fourth-order valence-electron chi connectivity index (χ4n) is 2.08. The van der Waals surface area contributed by atoms with E-state index in [1.807, 2.05) is 26.8 Å². The van der Waals surface area contributed by atoms with Crippen molar-refractivity contribution in [2.45, 2.75) is 32.7 Å². The highest BCUT2D eigenvalue weighted by Crippen LogP contribution is 2.28. The second-order valence-corrected chi connectivity index (χ2v) is 4.60. The van der Waals surface area contributed by atoms with Gasteiger partial charge in [0.05, 0.1) is 0 Å². The SMILES string of the molecule is COCCC(C)(N)c1c(C)cc(C)cc1F. The van der Waals surface area contributed by atoms with E-state index in [0.29, 0.717) is 18.6 Å². The van der Waals surface area contributed by atoms with Crippen molar-refractivity contribution in [3.63, 3.8) is 0 Å². The first-order valence-electron chi connectivity index (χ1n) is 5.43. The van der Waals surface area contributed by atoms with Crippen LogP contribution in [0.4, 0.5) is 4.39 Å². The van der Waals surface area contributed by atoms with Crippen LogP contribution in [0.1, 0.15) is 30.0 Å². The molecule has 1 atom stereocenters. The molecule has 90 valence electrons. The first-order chi connectivity index (χ1) is 7.38. The summed E-state index contributed by atoms with van der Waals surface area (Å²) < 4.78 is 18.9. The largest absolute Gasteiger partial charge is 0.385 e. The number of benzene rings is 1. The van der Waals surface area contributed by atoms with Crippen LogP contribution in [0.5, 0.6) is 0 Å². The highest BCUT2D eigenvalue weighted by Gasteiger charge is 2.26. The number of methoxy groups -OCH3 is 1. The van der Waals surface area contributed by atoms with E-state index in [9.17, 15) is 4.39 Å². The molecule has 0 aliphatic heterocycles. The van der Waals surface area contributed by atoms with E-state index in [-0.39, 0.29) is 5.82 Å². The van der Waals surface area contributed by atoms with Gasteiger partial charge < -0.3 is 10.5 Å². The molecule has 16 heavy (non-hydrogen) atoms. The molecule has 0 aliphatic carbocycles. The van der Waals surface area contributed by atoms with Gasteiger partial charge in [-0.25, -0.2) is 4.39 Å². The summed E-state index contributed by atoms with van der Waals surface area (Å²) in [5.74, 6) is -0.224. The lowest BCUT2D eigenvalue weighted by molar-refractivity contribution is 0.170. The number of aryl methyl sites for hydroxylation is 2. The van der Waals surface area contributed by atoms with E-state index in [1.165, 1.54) is 6.07 Å². The van der Waals surface area contributed by atoms with Crippen molar-refractivity contribution in [1.29, 1.82) is 0 Å². The van der Waals surface area contributed by atoms with Crippen LogP contribution in [-0.4, -0.2) is 13.7 Å². The molecule has 0 amide bonds. The van der Waals surface area contributed by atoms with Gasteiger partial charge in [-0.05, 0) is 44.4 Å². The Morgan fingerprint density at radius 2 is 2.00 bits per heavy atom. The van der Waals surface area contributed by atoms with Gasteiger partial charge in [0.2, 0.25) is 0 Å². The van der Waals surface area contributed by atoms with Crippen LogP contribution < -0.4 is 5.73 Å². The normalized spacial score (nSPS) is 14.9. The van der Waals surface area contributed by atoms with Gasteiger partial charge in [0.15, 0.2) is 0 Å². The molecule has 1 aromatic rings. The minimum absolute atomic E-state index is 0.224. The zero-order chi connectivity index (χ0) is 12.3. The molecule has 3 heteroatoms. The molecule has 1 rings (SSSR count). The number of halogens is 1. The van der Waals surface area contributed by atoms with Gasteiger partial charge in [0.1, 0.15) is 5.82 Å². The predicted octanol–water partition coefficient (Wildman–Crippen LogP) is 2.65. The lowest BCUT2D eigenvalue weighted by atomic mass is 9.86. The molecule has 0 aromatic heterocycles. The Balaban J connectivity index is 3.11. The fourth-order valence-corrected chi connectivity index (χ4v) is 2.08. The molecule has 1 aromatic carbocycles. The Kier molecular flexibility index (Phi) is 4.05. The summed E-state index contributed by atoms with van der Waals surface area (Å²) in [4.78, 5) is 0. The predicted molar refractivity (Wildman–Crippen MR) is 63.9 cm³/mol. The highest BCUT2D eigenvalue weighted by atomic mass is 19.1. The maximum atomic E-state index is 13.9. The topological polar surface area (TPSA) is 35.2 Å². The van der Waals surface area contributed by atoms with Gasteiger partial charge in [-0.3, -0.25) is 0 Å². The molecule has 0 radical (unpaired) electrons. The summed E-state index contributed by atoms with van der Waals surface area (Å²) in [6.07, 6.45) is 0.602. The summed E-state index contributed by atoms with van der Waals surface area (Å²) in [5.41, 5.74) is 7.89. The number of nitrogens with two attached hydrogens (primary N) is 1. The van der Waals surface area contributed by atoms with E-state index >= 15 is 0 Å². The molecule has 2 N–H and O–H groups in total. The summed E-state index contributed by atoms with van der Waals surface area (Å²) in [6.45, 7) is 6.14. The third-order valence-electron chi connectivity index (χ3n) is 2.83. The first kappa shape index (κ1) is 13.1. The van der Waals surface area contributed by atoms with Gasteiger partial charge in [-0.15, -0.1) is 0 Å². The van der Waals surface area contributed by atoms with Gasteiger partial charge in [-0.2, -0.15) is 0 Å². The van der Waals surface area contributed by atoms with E-state index in [0.717, 1.165) is 11.1 Å². The van der Waals surface area contributed by atoms with Crippen molar-refractivity contribution in [2.75, 3.05) is 13.7 Å². The average molecular weight is 225 g/mol. The number of rotatable bonds is 4. The van der Waals surface area contributed by atoms with E-state index in [2.05, 4.69) is 0 Å². The Labute approximate surface area is 96.6 Å². The first-order valence-corrected chi connectivity index (χ1v) is 5.43. The second-order valence-electron chi connectivity index (χ2n) is 4.60. The van der Waals surface area contributed by atoms with E-state index in [4.69, 9.17) is 10.5 Å². The molecule has 0 fully saturated rings. The van der Waals surface area contributed by atoms with Crippen molar-refractivity contribution < 1.29 is 9.13 Å². The molecule has 0 saturated carbocycles. The number of ether oxygens (including phenoxy) is 1. The summed E-state index contributed by atoms with van der Waals surface area (Å²) in [6, 6.07) is 3.48. The van der Waals surface area contributed by atoms with Crippen LogP contribution in [-0.2, 0) is 10.3 Å². The molecule has 0 bridgehead atoms. The zero-order valence-electron chi connectivity index (χ0n) is 10.4. The van der Waals surface area contributed by atoms with Gasteiger partial charge >= 0.3 is 0 Å². The quantitative estimate of drug-likeness (QED) is 0.855. The van der Waals surface area contributed by atoms with Gasteiger partial charge in [0, 0.05) is 24.8 Å². The molecule has 0 heterocycles. The molecular weight excluding hydrogens is 205 g/mol. The minimum atomic E-state index is -0.683. The van der Waals surface area contributed by atoms with Crippen LogP contribution in [0, 0.1) is 19.7 Å². The molecular formula is C13H20FNO. The lowest BCUT2D eigenvalue weighted by Crippen LogP contribution is -2.36. The Morgan fingerprint density at radius 1 is 1.38 bits per heavy atom. The van der Waals surface area contributed by atoms with Crippen LogP contribution in [0.25, 0.3) is 0 Å². The van der Waals surface area contributed by atoms with Crippen molar-refractivity contribution >= 4 is 0 Å². The van der Waals surface area contributed by atoms with Crippen molar-refractivity contribution in [1.82, 2.24) is 0 Å². The summed E-state index contributed by atoms with van der Waals surface area (Å²) in [5, 5.41) is 0. The summed E-state index contributed by atoms with van der Waals surface area (Å²) >= 11 is 0. The number of hydrogen-bond acceptors (Lipinski definition) is 2. The van der Waals surface area contributed by atoms with E-state index in [1.54, 1.807) is 7.11 Å². The van der Waals surface area contributed by atoms with Crippen LogP contribution in [0.15, 0.2) is 12.1 Å². The second kappa shape index (κ2) is 4.93. The third kappa shape index (κ3) is 2.80. The smallest absolute Gasteiger partial charge is 0.128 e. The monoisotopic (exact) mass is 225 g/mol. The summed E-state index contributed by atoms with van der Waals surface area (Å²) in [7, 11) is 1.62. The molecule has 0 saturated heterocycles. The Bertz CT molecular complexity index is 351. The minimum Gasteiger partial charge on any atom is -0.385 e. The van der Waals surface area contributed by atoms with Gasteiger partial charge in [-0.1, -0.05) is 6.07 Å². The maximum absolute atomic E-state index is 13.9. The van der Waals surface area contributed by atoms with Crippen molar-refractivity contribution in [3.8, 4) is 0 Å². The van der Waals surface area contributed by atoms with Crippen LogP contribution in [0.2, 0.25) is 0 Å². The molecule has 0 aliphatic rings. The van der Waals surface area contributed by atoms with Crippen LogP contribution in [0.3, 0.4) is 0 Å². The maximum Gasteiger partial charge on any atom is 0.128 e. The van der Waals surface area contributed by atoms with E-state index < -0.39 is 5.54 Å². The van der Waals surface area contributed by atoms with Gasteiger partial charge in [0.25, 0.3) is 0 Å². The number of hydrogen-bond donors (Lipinski definition) is 1. The van der Waals surface area contributed by atoms with Crippen LogP contribution >= 0.6 is 0 Å². The molecule has 0 spiro atoms. The average Bonchev–Trinajstić information content (AvgIpc) is 2.12. The lowest BCUT2D eigenvalue weighted by Gasteiger charge is -2.27. The molecule has 1 unspecified atom stereocenters. The molecule has 2 nitrogen and oxygen atoms in total. The zero-order valence-corrected chi connectivity index (χ0v) is 10.4. The Hall–Kier alpha value is -0.930. The third-order valence-corrected chi connectivity index (χ3v) is 2.83. The highest BCUT2D eigenvalue weighted by molar-refractivity contribution is 5.36. The fraction of sp³-hybridized carbons (Fsp3) is 0.538. The van der Waals surface area contributed by atoms with Crippen molar-refractivity contribution in [2.24, 2.45) is 5.73 Å². The Morgan fingerprint density at radius 3 is 2.50 bits per heavy atom. The van der Waals surface area contributed by atoms with Crippen molar-refractivity contribution in [3.05, 3.63) is 34.6 Å².